The van der Waals surface area contributed by atoms with Crippen LogP contribution in [0.1, 0.15) is 39.3 Å². The predicted octanol–water partition coefficient (Wildman–Crippen LogP) is 5.05. The van der Waals surface area contributed by atoms with Crippen molar-refractivity contribution in [3.05, 3.63) is 83.6 Å². The van der Waals surface area contributed by atoms with Gasteiger partial charge >= 0.3 is 0 Å². The molecule has 47 heavy (non-hydrogen) atoms. The van der Waals surface area contributed by atoms with Gasteiger partial charge in [0.2, 0.25) is 12.3 Å². The predicted molar refractivity (Wildman–Crippen MR) is 182 cm³/mol. The first kappa shape index (κ1) is 33.1. The molecule has 0 saturated carbocycles. The number of ether oxygens (including phenoxy) is 1. The molecular formula is C35H40FN7O4. The van der Waals surface area contributed by atoms with Gasteiger partial charge in [0.05, 0.1) is 23.1 Å². The maximum Gasteiger partial charge on any atom is 0.284 e. The third kappa shape index (κ3) is 5.79. The van der Waals surface area contributed by atoms with E-state index in [1.165, 1.54) is 28.7 Å². The van der Waals surface area contributed by atoms with E-state index in [0.717, 1.165) is 0 Å². The Bertz CT molecular complexity index is 1930. The van der Waals surface area contributed by atoms with Crippen LogP contribution in [0.2, 0.25) is 0 Å². The van der Waals surface area contributed by atoms with Crippen LogP contribution in [0.15, 0.2) is 66.6 Å². The molecule has 1 fully saturated rings. The van der Waals surface area contributed by atoms with Crippen LogP contribution in [-0.2, 0) is 9.59 Å². The van der Waals surface area contributed by atoms with E-state index in [9.17, 15) is 14.4 Å². The number of amides is 2. The number of carbonyl (C=O) groups excluding carboxylic acids is 2. The molecule has 4 aromatic rings. The first-order valence-corrected chi connectivity index (χ1v) is 15.5. The van der Waals surface area contributed by atoms with E-state index in [2.05, 4.69) is 18.3 Å². The molecule has 246 valence electrons. The van der Waals surface area contributed by atoms with Gasteiger partial charge in [0.25, 0.3) is 5.56 Å². The number of benzene rings is 1. The second kappa shape index (κ2) is 13.2. The van der Waals surface area contributed by atoms with Crippen molar-refractivity contribution < 1.29 is 18.7 Å². The van der Waals surface area contributed by atoms with Crippen LogP contribution < -0.4 is 20.1 Å². The highest BCUT2D eigenvalue weighted by Crippen LogP contribution is 2.41. The van der Waals surface area contributed by atoms with Crippen LogP contribution >= 0.6 is 0 Å². The highest BCUT2D eigenvalue weighted by Gasteiger charge is 2.36. The average Bonchev–Trinajstić information content (AvgIpc) is 3.53. The summed E-state index contributed by atoms with van der Waals surface area (Å²) in [5.74, 6) is -0.00331. The number of piperazine rings is 1. The van der Waals surface area contributed by atoms with Crippen molar-refractivity contribution in [1.29, 1.82) is 0 Å². The van der Waals surface area contributed by atoms with Crippen LogP contribution in [0.4, 0.5) is 15.8 Å². The molecule has 5 rings (SSSR count). The van der Waals surface area contributed by atoms with E-state index in [1.54, 1.807) is 40.1 Å². The summed E-state index contributed by atoms with van der Waals surface area (Å²) in [6.07, 6.45) is 5.06. The first-order chi connectivity index (χ1) is 22.4. The first-order valence-electron chi connectivity index (χ1n) is 15.5. The quantitative estimate of drug-likeness (QED) is 0.136. The zero-order valence-electron chi connectivity index (χ0n) is 27.6. The molecule has 0 unspecified atom stereocenters. The minimum Gasteiger partial charge on any atom is -0.489 e. The number of fused-ring (bicyclic) bond motifs is 1. The van der Waals surface area contributed by atoms with Crippen LogP contribution in [-0.4, -0.2) is 75.4 Å². The van der Waals surface area contributed by atoms with Crippen molar-refractivity contribution in [1.82, 2.24) is 24.2 Å². The van der Waals surface area contributed by atoms with Gasteiger partial charge in [0, 0.05) is 49.7 Å². The summed E-state index contributed by atoms with van der Waals surface area (Å²) in [5, 5.41) is 5.03. The van der Waals surface area contributed by atoms with Crippen LogP contribution in [0.3, 0.4) is 0 Å². The zero-order valence-corrected chi connectivity index (χ0v) is 27.6. The normalized spacial score (nSPS) is 16.4. The number of pyridine rings is 2. The van der Waals surface area contributed by atoms with Crippen LogP contribution in [0.5, 0.6) is 5.75 Å². The molecular weight excluding hydrogens is 601 g/mol. The summed E-state index contributed by atoms with van der Waals surface area (Å²) in [6, 6.07) is 7.52. The summed E-state index contributed by atoms with van der Waals surface area (Å²) < 4.78 is 24.6. The fourth-order valence-electron chi connectivity index (χ4n) is 6.25. The Kier molecular flexibility index (Phi) is 9.32. The third-order valence-corrected chi connectivity index (χ3v) is 8.47. The summed E-state index contributed by atoms with van der Waals surface area (Å²) >= 11 is 0. The highest BCUT2D eigenvalue weighted by atomic mass is 19.1. The Hall–Kier alpha value is -5.26. The second-order valence-electron chi connectivity index (χ2n) is 12.1. The van der Waals surface area contributed by atoms with E-state index in [-0.39, 0.29) is 53.3 Å². The molecule has 0 N–H and O–H groups in total. The summed E-state index contributed by atoms with van der Waals surface area (Å²) in [7, 11) is 1.53. The van der Waals surface area contributed by atoms with Gasteiger partial charge in [-0.1, -0.05) is 25.3 Å². The van der Waals surface area contributed by atoms with E-state index in [4.69, 9.17) is 9.72 Å². The number of carbonyl (C=O) groups is 2. The Morgan fingerprint density at radius 3 is 2.60 bits per heavy atom. The number of aryl methyl sites for hydroxylation is 1. The van der Waals surface area contributed by atoms with Crippen molar-refractivity contribution in [2.45, 2.75) is 52.7 Å². The number of hydrogen-bond acceptors (Lipinski definition) is 7. The maximum atomic E-state index is 15.7. The summed E-state index contributed by atoms with van der Waals surface area (Å²) in [5.41, 5.74) is 1.45. The number of halogens is 1. The molecule has 0 bridgehead atoms. The Morgan fingerprint density at radius 1 is 1.19 bits per heavy atom. The summed E-state index contributed by atoms with van der Waals surface area (Å²) in [6.45, 7) is 17.8. The van der Waals surface area contributed by atoms with Crippen LogP contribution in [0, 0.1) is 12.7 Å². The van der Waals surface area contributed by atoms with Crippen molar-refractivity contribution in [2.24, 2.45) is 0 Å². The van der Waals surface area contributed by atoms with Crippen molar-refractivity contribution >= 4 is 34.7 Å². The van der Waals surface area contributed by atoms with E-state index in [0.29, 0.717) is 47.6 Å². The SMILES string of the molecule is C=CCOc1cccc(F)c1-c1nc2c(cc1C)c(N1C[C@@H](C)N(C(=O)C=C)C[C@@H]1C)c(N(C)C=O)c(=O)n2-c1ccnn1C(C)C. The molecule has 2 amide bonds. The molecule has 1 aliphatic heterocycles. The number of hydrogen-bond donors (Lipinski definition) is 0. The second-order valence-corrected chi connectivity index (χ2v) is 12.1. The largest absolute Gasteiger partial charge is 0.489 e. The summed E-state index contributed by atoms with van der Waals surface area (Å²) in [4.78, 5) is 50.0. The smallest absolute Gasteiger partial charge is 0.284 e. The maximum absolute atomic E-state index is 15.7. The molecule has 3 aromatic heterocycles. The van der Waals surface area contributed by atoms with Crippen LogP contribution in [0.25, 0.3) is 28.1 Å². The minimum atomic E-state index is -0.536. The number of rotatable bonds is 10. The topological polar surface area (TPSA) is 106 Å². The molecule has 1 saturated heterocycles. The van der Waals surface area contributed by atoms with Crippen molar-refractivity contribution in [3.8, 4) is 22.8 Å². The lowest BCUT2D eigenvalue weighted by Gasteiger charge is -2.46. The molecule has 12 heteroatoms. The minimum absolute atomic E-state index is 0.124. The number of anilines is 2. The lowest BCUT2D eigenvalue weighted by molar-refractivity contribution is -0.128. The molecule has 1 aliphatic rings. The number of nitrogens with zero attached hydrogens (tertiary/aromatic N) is 7. The third-order valence-electron chi connectivity index (χ3n) is 8.47. The molecule has 0 aliphatic carbocycles. The van der Waals surface area contributed by atoms with E-state index >= 15 is 4.39 Å². The monoisotopic (exact) mass is 641 g/mol. The Balaban J connectivity index is 1.92. The molecule has 0 spiro atoms. The lowest BCUT2D eigenvalue weighted by Crippen LogP contribution is -2.58. The average molecular weight is 642 g/mol. The van der Waals surface area contributed by atoms with E-state index in [1.807, 2.05) is 45.6 Å². The molecule has 1 aromatic carbocycles. The molecule has 11 nitrogen and oxygen atoms in total. The van der Waals surface area contributed by atoms with E-state index < -0.39 is 11.4 Å². The standard InChI is InChI=1S/C35H40FN7O4/c1-9-16-47-27-13-11-12-26(36)30(27)31-22(5)17-25-32(41-19-23(6)40(18-24(41)7)29(45)10-2)33(39(8)20-44)35(46)42(34(25)38-31)28-14-15-37-43(28)21(3)4/h9-15,17,20-21,23-24H,1-2,16,18-19H2,3-8H3/t23-,24+/m1/s1. The fourth-order valence-corrected chi connectivity index (χ4v) is 6.25. The van der Waals surface area contributed by atoms with Gasteiger partial charge in [-0.15, -0.1) is 0 Å². The van der Waals surface area contributed by atoms with Gasteiger partial charge in [0.15, 0.2) is 5.65 Å². The number of aromatic nitrogens is 4. The van der Waals surface area contributed by atoms with Gasteiger partial charge in [0.1, 0.15) is 29.7 Å². The fraction of sp³-hybridized carbons (Fsp3) is 0.343. The van der Waals surface area contributed by atoms with Gasteiger partial charge in [-0.2, -0.15) is 5.10 Å². The molecule has 0 radical (unpaired) electrons. The van der Waals surface area contributed by atoms with Gasteiger partial charge in [-0.05, 0) is 64.5 Å². The molecule has 4 heterocycles. The van der Waals surface area contributed by atoms with Gasteiger partial charge < -0.3 is 19.4 Å². The Morgan fingerprint density at radius 2 is 1.94 bits per heavy atom. The van der Waals surface area contributed by atoms with Gasteiger partial charge in [-0.3, -0.25) is 14.4 Å². The lowest BCUT2D eigenvalue weighted by atomic mass is 10.0. The van der Waals surface area contributed by atoms with Crippen molar-refractivity contribution in [2.75, 3.05) is 36.5 Å². The molecule has 2 atom stereocenters. The van der Waals surface area contributed by atoms with Crippen molar-refractivity contribution in [3.63, 3.8) is 0 Å². The highest BCUT2D eigenvalue weighted by molar-refractivity contribution is 6.02. The Labute approximate surface area is 273 Å². The zero-order chi connectivity index (χ0) is 34.2. The van der Waals surface area contributed by atoms with Gasteiger partial charge in [-0.25, -0.2) is 18.6 Å².